The Labute approximate surface area is 114 Å². The van der Waals surface area contributed by atoms with Gasteiger partial charge < -0.3 is 10.1 Å². The van der Waals surface area contributed by atoms with E-state index < -0.39 is 0 Å². The molecule has 1 aliphatic heterocycles. The van der Waals surface area contributed by atoms with Crippen LogP contribution in [0.2, 0.25) is 0 Å². The minimum Gasteiger partial charge on any atom is -0.370 e. The molecule has 2 N–H and O–H groups in total. The van der Waals surface area contributed by atoms with Crippen LogP contribution in [0.4, 0.5) is 0 Å². The first-order chi connectivity index (χ1) is 9.31. The maximum atomic E-state index is 5.60. The van der Waals surface area contributed by atoms with Gasteiger partial charge in [0.2, 0.25) is 0 Å². The van der Waals surface area contributed by atoms with Crippen LogP contribution < -0.4 is 5.32 Å². The third-order valence-corrected chi connectivity index (χ3v) is 4.26. The predicted molar refractivity (Wildman–Crippen MR) is 72.6 cm³/mol. The van der Waals surface area contributed by atoms with Crippen molar-refractivity contribution in [2.75, 3.05) is 6.61 Å². The van der Waals surface area contributed by atoms with Gasteiger partial charge in [-0.1, -0.05) is 19.8 Å². The second-order valence-electron chi connectivity index (χ2n) is 5.99. The number of nitrogens with one attached hydrogen (secondary N) is 2. The van der Waals surface area contributed by atoms with Crippen LogP contribution in [0.5, 0.6) is 0 Å². The Morgan fingerprint density at radius 3 is 3.05 bits per heavy atom. The monoisotopic (exact) mass is 264 g/mol. The summed E-state index contributed by atoms with van der Waals surface area (Å²) in [5.74, 6) is 2.61. The molecule has 0 spiro atoms. The summed E-state index contributed by atoms with van der Waals surface area (Å²) in [6.45, 7) is 3.97. The van der Waals surface area contributed by atoms with Gasteiger partial charge in [-0.25, -0.2) is 4.98 Å². The van der Waals surface area contributed by atoms with Crippen LogP contribution in [0.15, 0.2) is 0 Å². The number of ether oxygens (including phenoxy) is 1. The molecule has 2 fully saturated rings. The standard InChI is InChI=1S/C14H24N4O/c1-10-4-2-5-11(8-10)15-9-13-16-14(18-17-13)12-6-3-7-19-12/h10-12,15H,2-9H2,1H3,(H,16,17,18). The molecule has 0 amide bonds. The molecule has 3 unspecified atom stereocenters. The molecule has 3 rings (SSSR count). The highest BCUT2D eigenvalue weighted by molar-refractivity contribution is 4.96. The number of hydrogen-bond donors (Lipinski definition) is 2. The highest BCUT2D eigenvalue weighted by atomic mass is 16.5. The van der Waals surface area contributed by atoms with Crippen LogP contribution in [-0.4, -0.2) is 27.8 Å². The third kappa shape index (κ3) is 3.34. The molecule has 5 nitrogen and oxygen atoms in total. The van der Waals surface area contributed by atoms with Crippen LogP contribution in [0.25, 0.3) is 0 Å². The largest absolute Gasteiger partial charge is 0.370 e. The first kappa shape index (κ1) is 13.1. The SMILES string of the molecule is CC1CCCC(NCc2nc(C3CCCO3)n[nH]2)C1. The molecule has 1 aliphatic carbocycles. The molecule has 19 heavy (non-hydrogen) atoms. The van der Waals surface area contributed by atoms with Gasteiger partial charge >= 0.3 is 0 Å². The maximum Gasteiger partial charge on any atom is 0.179 e. The van der Waals surface area contributed by atoms with Gasteiger partial charge in [0.1, 0.15) is 11.9 Å². The minimum atomic E-state index is 0.111. The first-order valence-corrected chi connectivity index (χ1v) is 7.57. The average molecular weight is 264 g/mol. The number of hydrogen-bond acceptors (Lipinski definition) is 4. The summed E-state index contributed by atoms with van der Waals surface area (Å²) in [5, 5.41) is 10.9. The van der Waals surface area contributed by atoms with Gasteiger partial charge in [-0.2, -0.15) is 5.10 Å². The van der Waals surface area contributed by atoms with Crippen molar-refractivity contribution in [2.45, 2.75) is 64.1 Å². The van der Waals surface area contributed by atoms with Gasteiger partial charge in [0.15, 0.2) is 5.82 Å². The van der Waals surface area contributed by atoms with Gasteiger partial charge in [0.05, 0.1) is 6.54 Å². The van der Waals surface area contributed by atoms with Crippen LogP contribution in [0.3, 0.4) is 0 Å². The molecule has 0 bridgehead atoms. The maximum absolute atomic E-state index is 5.60. The molecular formula is C14H24N4O. The topological polar surface area (TPSA) is 62.8 Å². The summed E-state index contributed by atoms with van der Waals surface area (Å²) >= 11 is 0. The van der Waals surface area contributed by atoms with Crippen molar-refractivity contribution in [1.29, 1.82) is 0 Å². The Bertz CT molecular complexity index is 400. The number of aromatic nitrogens is 3. The zero-order valence-electron chi connectivity index (χ0n) is 11.7. The first-order valence-electron chi connectivity index (χ1n) is 7.57. The number of aromatic amines is 1. The second-order valence-corrected chi connectivity index (χ2v) is 5.99. The molecule has 3 atom stereocenters. The molecule has 1 saturated carbocycles. The smallest absolute Gasteiger partial charge is 0.179 e. The van der Waals surface area contributed by atoms with Crippen molar-refractivity contribution in [3.63, 3.8) is 0 Å². The van der Waals surface area contributed by atoms with Crippen molar-refractivity contribution in [1.82, 2.24) is 20.5 Å². The van der Waals surface area contributed by atoms with E-state index in [1.54, 1.807) is 0 Å². The highest BCUT2D eigenvalue weighted by Crippen LogP contribution is 2.26. The van der Waals surface area contributed by atoms with E-state index in [9.17, 15) is 0 Å². The molecule has 1 aromatic heterocycles. The van der Waals surface area contributed by atoms with Gasteiger partial charge in [-0.15, -0.1) is 0 Å². The molecule has 2 heterocycles. The Morgan fingerprint density at radius 1 is 1.32 bits per heavy atom. The Hall–Kier alpha value is -0.940. The fourth-order valence-electron chi connectivity index (χ4n) is 3.17. The van der Waals surface area contributed by atoms with Crippen LogP contribution >= 0.6 is 0 Å². The van der Waals surface area contributed by atoms with Crippen LogP contribution in [0, 0.1) is 5.92 Å². The molecule has 2 aliphatic rings. The van der Waals surface area contributed by atoms with Crippen molar-refractivity contribution < 1.29 is 4.74 Å². The Morgan fingerprint density at radius 2 is 2.26 bits per heavy atom. The summed E-state index contributed by atoms with van der Waals surface area (Å²) in [6.07, 6.45) is 7.57. The third-order valence-electron chi connectivity index (χ3n) is 4.26. The zero-order chi connectivity index (χ0) is 13.1. The lowest BCUT2D eigenvalue weighted by molar-refractivity contribution is 0.105. The van der Waals surface area contributed by atoms with E-state index in [1.165, 1.54) is 25.7 Å². The van der Waals surface area contributed by atoms with Crippen molar-refractivity contribution in [2.24, 2.45) is 5.92 Å². The van der Waals surface area contributed by atoms with E-state index in [0.29, 0.717) is 6.04 Å². The van der Waals surface area contributed by atoms with E-state index in [2.05, 4.69) is 27.4 Å². The zero-order valence-corrected chi connectivity index (χ0v) is 11.7. The normalized spacial score (nSPS) is 31.7. The van der Waals surface area contributed by atoms with E-state index in [1.807, 2.05) is 0 Å². The lowest BCUT2D eigenvalue weighted by atomic mass is 9.87. The molecular weight excluding hydrogens is 240 g/mol. The van der Waals surface area contributed by atoms with Crippen molar-refractivity contribution >= 4 is 0 Å². The Balaban J connectivity index is 1.49. The van der Waals surface area contributed by atoms with Crippen LogP contribution in [0.1, 0.15) is 63.2 Å². The summed E-state index contributed by atoms with van der Waals surface area (Å²) < 4.78 is 5.60. The minimum absolute atomic E-state index is 0.111. The van der Waals surface area contributed by atoms with E-state index in [4.69, 9.17) is 4.74 Å². The van der Waals surface area contributed by atoms with Crippen molar-refractivity contribution in [3.8, 4) is 0 Å². The molecule has 106 valence electrons. The second kappa shape index (κ2) is 6.01. The quantitative estimate of drug-likeness (QED) is 0.876. The van der Waals surface area contributed by atoms with Gasteiger partial charge in [-0.3, -0.25) is 5.10 Å². The van der Waals surface area contributed by atoms with E-state index >= 15 is 0 Å². The molecule has 1 aromatic rings. The van der Waals surface area contributed by atoms with Crippen molar-refractivity contribution in [3.05, 3.63) is 11.6 Å². The molecule has 5 heteroatoms. The summed E-state index contributed by atoms with van der Waals surface area (Å²) in [7, 11) is 0. The predicted octanol–water partition coefficient (Wildman–Crippen LogP) is 2.32. The summed E-state index contributed by atoms with van der Waals surface area (Å²) in [5.41, 5.74) is 0. The molecule has 0 radical (unpaired) electrons. The number of rotatable bonds is 4. The lowest BCUT2D eigenvalue weighted by Gasteiger charge is -2.27. The number of H-pyrrole nitrogens is 1. The Kier molecular flexibility index (Phi) is 4.13. The average Bonchev–Trinajstić information content (AvgIpc) is 3.07. The molecule has 1 saturated heterocycles. The summed E-state index contributed by atoms with van der Waals surface area (Å²) in [4.78, 5) is 4.54. The summed E-state index contributed by atoms with van der Waals surface area (Å²) in [6, 6.07) is 0.639. The van der Waals surface area contributed by atoms with Gasteiger partial charge in [0.25, 0.3) is 0 Å². The fourth-order valence-corrected chi connectivity index (χ4v) is 3.17. The fraction of sp³-hybridized carbons (Fsp3) is 0.857. The van der Waals surface area contributed by atoms with Crippen LogP contribution in [-0.2, 0) is 11.3 Å². The van der Waals surface area contributed by atoms with E-state index in [-0.39, 0.29) is 6.10 Å². The highest BCUT2D eigenvalue weighted by Gasteiger charge is 2.22. The lowest BCUT2D eigenvalue weighted by Crippen LogP contribution is -2.33. The van der Waals surface area contributed by atoms with E-state index in [0.717, 1.165) is 43.6 Å². The number of nitrogens with zero attached hydrogens (tertiary/aromatic N) is 2. The molecule has 0 aromatic carbocycles. The van der Waals surface area contributed by atoms with Gasteiger partial charge in [-0.05, 0) is 31.6 Å². The van der Waals surface area contributed by atoms with Gasteiger partial charge in [0, 0.05) is 12.6 Å².